The Hall–Kier alpha value is -5.05. The van der Waals surface area contributed by atoms with Crippen LogP contribution < -0.4 is 16.4 Å². The minimum absolute atomic E-state index is 0.0541. The third-order valence-electron chi connectivity index (χ3n) is 6.68. The average molecular weight is 524 g/mol. The molecule has 1 unspecified atom stereocenters. The number of primary amides is 1. The van der Waals surface area contributed by atoms with Gasteiger partial charge in [0.05, 0.1) is 0 Å². The van der Waals surface area contributed by atoms with Gasteiger partial charge in [0.1, 0.15) is 18.7 Å². The predicted octanol–water partition coefficient (Wildman–Crippen LogP) is 3.70. The number of rotatable bonds is 10. The lowest BCUT2D eigenvalue weighted by Gasteiger charge is -2.22. The van der Waals surface area contributed by atoms with Gasteiger partial charge in [0, 0.05) is 47.0 Å². The molecule has 0 saturated heterocycles. The zero-order valence-corrected chi connectivity index (χ0v) is 21.1. The number of alkyl carbamates (subject to hydrolysis) is 1. The largest absolute Gasteiger partial charge is 0.445 e. The number of nitrogens with one attached hydrogen (secondary N) is 4. The number of hydrogen-bond donors (Lipinski definition) is 5. The first kappa shape index (κ1) is 25.6. The SMILES string of the molecule is NC(=O)[C@H](Cc1c[nH]c2ccccc12)NC(=O)C(Cc1c[nH]c2ccccc12)NC(=O)OCc1ccccc1. The van der Waals surface area contributed by atoms with Crippen molar-refractivity contribution in [2.45, 2.75) is 31.5 Å². The van der Waals surface area contributed by atoms with Gasteiger partial charge in [0.15, 0.2) is 0 Å². The summed E-state index contributed by atoms with van der Waals surface area (Å²) in [6, 6.07) is 22.6. The lowest BCUT2D eigenvalue weighted by Crippen LogP contribution is -2.54. The normalized spacial score (nSPS) is 12.6. The fraction of sp³-hybridized carbons (Fsp3) is 0.167. The van der Waals surface area contributed by atoms with Crippen LogP contribution in [-0.4, -0.2) is 40.0 Å². The molecule has 6 N–H and O–H groups in total. The van der Waals surface area contributed by atoms with Crippen molar-refractivity contribution in [3.05, 3.63) is 108 Å². The van der Waals surface area contributed by atoms with Crippen LogP contribution in [0.4, 0.5) is 4.79 Å². The molecule has 0 aliphatic rings. The summed E-state index contributed by atoms with van der Waals surface area (Å²) in [7, 11) is 0. The fourth-order valence-electron chi connectivity index (χ4n) is 4.65. The molecule has 0 saturated carbocycles. The van der Waals surface area contributed by atoms with Gasteiger partial charge in [-0.2, -0.15) is 0 Å². The molecule has 2 atom stereocenters. The molecule has 0 aliphatic heterocycles. The number of H-pyrrole nitrogens is 2. The number of benzene rings is 3. The van der Waals surface area contributed by atoms with E-state index in [1.54, 1.807) is 12.4 Å². The van der Waals surface area contributed by atoms with Crippen LogP contribution in [0.1, 0.15) is 16.7 Å². The van der Waals surface area contributed by atoms with E-state index in [2.05, 4.69) is 20.6 Å². The Labute approximate surface area is 224 Å². The van der Waals surface area contributed by atoms with Crippen molar-refractivity contribution in [1.82, 2.24) is 20.6 Å². The van der Waals surface area contributed by atoms with Crippen LogP contribution in [0, 0.1) is 0 Å². The van der Waals surface area contributed by atoms with Crippen LogP contribution in [0.3, 0.4) is 0 Å². The van der Waals surface area contributed by atoms with Gasteiger partial charge in [-0.25, -0.2) is 4.79 Å². The number of carbonyl (C=O) groups is 3. The number of amides is 3. The van der Waals surface area contributed by atoms with Gasteiger partial charge in [-0.1, -0.05) is 66.7 Å². The third kappa shape index (κ3) is 6.10. The Morgan fingerprint density at radius 2 is 1.26 bits per heavy atom. The number of fused-ring (bicyclic) bond motifs is 2. The zero-order valence-electron chi connectivity index (χ0n) is 21.1. The second kappa shape index (κ2) is 11.6. The minimum atomic E-state index is -1.02. The summed E-state index contributed by atoms with van der Waals surface area (Å²) in [4.78, 5) is 45.0. The topological polar surface area (TPSA) is 142 Å². The first-order valence-electron chi connectivity index (χ1n) is 12.6. The molecule has 9 nitrogen and oxygen atoms in total. The van der Waals surface area contributed by atoms with Crippen LogP contribution >= 0.6 is 0 Å². The molecule has 0 aliphatic carbocycles. The Balaban J connectivity index is 1.34. The van der Waals surface area contributed by atoms with Gasteiger partial charge in [-0.05, 0) is 28.8 Å². The maximum atomic E-state index is 13.5. The van der Waals surface area contributed by atoms with E-state index in [9.17, 15) is 14.4 Å². The summed E-state index contributed by atoms with van der Waals surface area (Å²) >= 11 is 0. The van der Waals surface area contributed by atoms with Crippen LogP contribution in [0.5, 0.6) is 0 Å². The Morgan fingerprint density at radius 3 is 1.85 bits per heavy atom. The van der Waals surface area contributed by atoms with E-state index in [4.69, 9.17) is 10.5 Å². The monoisotopic (exact) mass is 523 g/mol. The second-order valence-corrected chi connectivity index (χ2v) is 9.35. The highest BCUT2D eigenvalue weighted by molar-refractivity contribution is 5.92. The predicted molar refractivity (Wildman–Crippen MR) is 149 cm³/mol. The van der Waals surface area contributed by atoms with Crippen molar-refractivity contribution in [2.75, 3.05) is 0 Å². The summed E-state index contributed by atoms with van der Waals surface area (Å²) in [6.07, 6.45) is 3.23. The molecule has 2 aromatic heterocycles. The van der Waals surface area contributed by atoms with E-state index >= 15 is 0 Å². The van der Waals surface area contributed by atoms with Crippen LogP contribution in [0.2, 0.25) is 0 Å². The number of aromatic amines is 2. The standard InChI is InChI=1S/C30H29N5O4/c31-28(36)26(14-20-16-32-24-12-6-4-10-22(20)24)34-29(37)27(15-21-17-33-25-13-7-5-11-23(21)25)35-30(38)39-18-19-8-2-1-3-9-19/h1-13,16-17,26-27,32-33H,14-15,18H2,(H2,31,36)(H,34,37)(H,35,38)/t26-,27?/m0/s1. The highest BCUT2D eigenvalue weighted by Gasteiger charge is 2.28. The molecule has 5 aromatic rings. The molecule has 0 bridgehead atoms. The van der Waals surface area contributed by atoms with Crippen molar-refractivity contribution in [3.63, 3.8) is 0 Å². The van der Waals surface area contributed by atoms with E-state index in [0.29, 0.717) is 0 Å². The maximum Gasteiger partial charge on any atom is 0.408 e. The Morgan fingerprint density at radius 1 is 0.718 bits per heavy atom. The smallest absolute Gasteiger partial charge is 0.408 e. The Bertz CT molecular complexity index is 1610. The third-order valence-corrected chi connectivity index (χ3v) is 6.68. The van der Waals surface area contributed by atoms with E-state index in [0.717, 1.165) is 38.5 Å². The highest BCUT2D eigenvalue weighted by atomic mass is 16.5. The lowest BCUT2D eigenvalue weighted by atomic mass is 10.0. The van der Waals surface area contributed by atoms with Gasteiger partial charge < -0.3 is 31.1 Å². The molecule has 39 heavy (non-hydrogen) atoms. The fourth-order valence-corrected chi connectivity index (χ4v) is 4.65. The summed E-state index contributed by atoms with van der Waals surface area (Å²) in [6.45, 7) is 0.0541. The molecule has 0 fully saturated rings. The first-order chi connectivity index (χ1) is 19.0. The molecular weight excluding hydrogens is 494 g/mol. The number of aromatic nitrogens is 2. The molecule has 0 spiro atoms. The molecule has 198 valence electrons. The van der Waals surface area contributed by atoms with Crippen LogP contribution in [0.15, 0.2) is 91.3 Å². The number of para-hydroxylation sites is 2. The van der Waals surface area contributed by atoms with Crippen LogP contribution in [0.25, 0.3) is 21.8 Å². The molecule has 3 aromatic carbocycles. The van der Waals surface area contributed by atoms with Crippen LogP contribution in [-0.2, 0) is 33.8 Å². The van der Waals surface area contributed by atoms with Crippen molar-refractivity contribution in [1.29, 1.82) is 0 Å². The summed E-state index contributed by atoms with van der Waals surface area (Å²) in [5.74, 6) is -1.22. The van der Waals surface area contributed by atoms with Gasteiger partial charge in [0.25, 0.3) is 0 Å². The van der Waals surface area contributed by atoms with Gasteiger partial charge in [-0.15, -0.1) is 0 Å². The quantitative estimate of drug-likeness (QED) is 0.190. The second-order valence-electron chi connectivity index (χ2n) is 9.35. The number of nitrogens with two attached hydrogens (primary N) is 1. The molecule has 9 heteroatoms. The summed E-state index contributed by atoms with van der Waals surface area (Å²) in [5.41, 5.74) is 10.0. The van der Waals surface area contributed by atoms with Crippen molar-refractivity contribution in [3.8, 4) is 0 Å². The van der Waals surface area contributed by atoms with E-state index in [1.807, 2.05) is 78.9 Å². The molecular formula is C30H29N5O4. The molecule has 2 heterocycles. The van der Waals surface area contributed by atoms with Gasteiger partial charge >= 0.3 is 6.09 Å². The summed E-state index contributed by atoms with van der Waals surface area (Å²) < 4.78 is 5.37. The molecule has 5 rings (SSSR count). The van der Waals surface area contributed by atoms with Crippen molar-refractivity contribution >= 4 is 39.7 Å². The number of hydrogen-bond acceptors (Lipinski definition) is 4. The molecule has 3 amide bonds. The van der Waals surface area contributed by atoms with Gasteiger partial charge in [-0.3, -0.25) is 9.59 Å². The van der Waals surface area contributed by atoms with E-state index in [-0.39, 0.29) is 19.4 Å². The number of ether oxygens (including phenoxy) is 1. The zero-order chi connectivity index (χ0) is 27.2. The first-order valence-corrected chi connectivity index (χ1v) is 12.6. The maximum absolute atomic E-state index is 13.5. The van der Waals surface area contributed by atoms with Gasteiger partial charge in [0.2, 0.25) is 11.8 Å². The van der Waals surface area contributed by atoms with E-state index in [1.165, 1.54) is 0 Å². The Kier molecular flexibility index (Phi) is 7.58. The van der Waals surface area contributed by atoms with Crippen molar-refractivity contribution < 1.29 is 19.1 Å². The molecule has 0 radical (unpaired) electrons. The highest BCUT2D eigenvalue weighted by Crippen LogP contribution is 2.21. The number of carbonyl (C=O) groups excluding carboxylic acids is 3. The summed E-state index contributed by atoms with van der Waals surface area (Å²) in [5, 5.41) is 7.30. The minimum Gasteiger partial charge on any atom is -0.445 e. The average Bonchev–Trinajstić information content (AvgIpc) is 3.56. The van der Waals surface area contributed by atoms with Crippen molar-refractivity contribution in [2.24, 2.45) is 5.73 Å². The lowest BCUT2D eigenvalue weighted by molar-refractivity contribution is -0.128. The van der Waals surface area contributed by atoms with E-state index < -0.39 is 30.0 Å².